The molecular weight excluding hydrogens is 973 g/mol. The molecule has 0 saturated carbocycles. The minimum Gasteiger partial charge on any atom is -0.462 e. The molecule has 0 aliphatic carbocycles. The third-order valence-electron chi connectivity index (χ3n) is 16.1. The van der Waals surface area contributed by atoms with E-state index in [2.05, 4.69) is 57.2 Å². The molecule has 0 aromatic heterocycles. The van der Waals surface area contributed by atoms with Gasteiger partial charge in [0, 0.05) is 19.3 Å². The molecule has 0 bridgehead atoms. The Morgan fingerprint density at radius 2 is 0.456 bits per heavy atom. The van der Waals surface area contributed by atoms with Crippen LogP contribution in [0.2, 0.25) is 0 Å². The van der Waals surface area contributed by atoms with Crippen molar-refractivity contribution in [3.8, 4) is 0 Å². The highest BCUT2D eigenvalue weighted by atomic mass is 16.6. The highest BCUT2D eigenvalue weighted by Gasteiger charge is 2.19. The zero-order valence-electron chi connectivity index (χ0n) is 53.4. The van der Waals surface area contributed by atoms with Crippen molar-refractivity contribution in [3.63, 3.8) is 0 Å². The third-order valence-corrected chi connectivity index (χ3v) is 16.1. The number of rotatable bonds is 66. The van der Waals surface area contributed by atoms with Gasteiger partial charge in [0.1, 0.15) is 13.2 Å². The van der Waals surface area contributed by atoms with Gasteiger partial charge in [-0.05, 0) is 77.0 Å². The van der Waals surface area contributed by atoms with Crippen LogP contribution >= 0.6 is 0 Å². The number of allylic oxidation sites excluding steroid dienone is 6. The van der Waals surface area contributed by atoms with Gasteiger partial charge in [-0.25, -0.2) is 0 Å². The number of esters is 3. The van der Waals surface area contributed by atoms with Gasteiger partial charge >= 0.3 is 17.9 Å². The van der Waals surface area contributed by atoms with Crippen molar-refractivity contribution >= 4 is 17.9 Å². The van der Waals surface area contributed by atoms with Gasteiger partial charge in [-0.15, -0.1) is 0 Å². The number of carbonyl (C=O) groups is 3. The summed E-state index contributed by atoms with van der Waals surface area (Å²) < 4.78 is 17.0. The Morgan fingerprint density at radius 3 is 0.734 bits per heavy atom. The molecule has 0 N–H and O–H groups in total. The molecule has 0 heterocycles. The molecule has 0 aromatic rings. The van der Waals surface area contributed by atoms with Crippen LogP contribution in [-0.4, -0.2) is 37.2 Å². The van der Waals surface area contributed by atoms with Crippen LogP contribution < -0.4 is 0 Å². The third kappa shape index (κ3) is 66.3. The molecule has 6 nitrogen and oxygen atoms in total. The highest BCUT2D eigenvalue weighted by Crippen LogP contribution is 2.18. The molecule has 1 unspecified atom stereocenters. The van der Waals surface area contributed by atoms with E-state index in [1.54, 1.807) is 0 Å². The lowest BCUT2D eigenvalue weighted by molar-refractivity contribution is -0.167. The Bertz CT molecular complexity index is 1320. The summed E-state index contributed by atoms with van der Waals surface area (Å²) in [6, 6.07) is 0. The molecule has 1 atom stereocenters. The second-order valence-electron chi connectivity index (χ2n) is 24.1. The SMILES string of the molecule is CCCCC/C=C\C/C=C\CCCCCCCCCC(=O)OC(COC(=O)CCCCCCCCCCCCCCCCC/C=C\CCCCCCCCCC)COC(=O)CCCCCCCCCCCCCCCCCCC. The molecule has 464 valence electrons. The largest absolute Gasteiger partial charge is 0.462 e. The van der Waals surface area contributed by atoms with Gasteiger partial charge in [0.2, 0.25) is 0 Å². The first kappa shape index (κ1) is 76.6. The number of unbranched alkanes of at least 4 members (excludes halogenated alkanes) is 49. The smallest absolute Gasteiger partial charge is 0.306 e. The van der Waals surface area contributed by atoms with Crippen LogP contribution in [0.3, 0.4) is 0 Å². The number of ether oxygens (including phenoxy) is 3. The molecule has 0 rings (SSSR count). The van der Waals surface area contributed by atoms with Crippen LogP contribution in [0, 0.1) is 0 Å². The fourth-order valence-corrected chi connectivity index (χ4v) is 10.8. The summed E-state index contributed by atoms with van der Waals surface area (Å²) in [5.74, 6) is -0.848. The van der Waals surface area contributed by atoms with E-state index in [1.807, 2.05) is 0 Å². The molecule has 0 saturated heterocycles. The van der Waals surface area contributed by atoms with E-state index < -0.39 is 6.10 Å². The molecular formula is C73H136O6. The van der Waals surface area contributed by atoms with Crippen molar-refractivity contribution in [3.05, 3.63) is 36.5 Å². The second-order valence-corrected chi connectivity index (χ2v) is 24.1. The van der Waals surface area contributed by atoms with Gasteiger partial charge in [0.05, 0.1) is 0 Å². The number of hydrogen-bond donors (Lipinski definition) is 0. The Kier molecular flexibility index (Phi) is 66.1. The topological polar surface area (TPSA) is 78.9 Å². The van der Waals surface area contributed by atoms with Crippen LogP contribution in [0.4, 0.5) is 0 Å². The van der Waals surface area contributed by atoms with E-state index in [4.69, 9.17) is 14.2 Å². The molecule has 0 aromatic carbocycles. The second kappa shape index (κ2) is 68.1. The minimum atomic E-state index is -0.775. The Morgan fingerprint density at radius 1 is 0.253 bits per heavy atom. The summed E-state index contributed by atoms with van der Waals surface area (Å²) >= 11 is 0. The average Bonchev–Trinajstić information content (AvgIpc) is 3.45. The van der Waals surface area contributed by atoms with Gasteiger partial charge in [-0.3, -0.25) is 14.4 Å². The maximum absolute atomic E-state index is 12.9. The average molecular weight is 1110 g/mol. The maximum Gasteiger partial charge on any atom is 0.306 e. The lowest BCUT2D eigenvalue weighted by Gasteiger charge is -2.18. The van der Waals surface area contributed by atoms with E-state index in [0.29, 0.717) is 19.3 Å². The Hall–Kier alpha value is -2.37. The molecule has 0 radical (unpaired) electrons. The number of carbonyl (C=O) groups excluding carboxylic acids is 3. The molecule has 79 heavy (non-hydrogen) atoms. The van der Waals surface area contributed by atoms with Gasteiger partial charge in [0.15, 0.2) is 6.10 Å². The summed E-state index contributed by atoms with van der Waals surface area (Å²) in [7, 11) is 0. The van der Waals surface area contributed by atoms with Crippen molar-refractivity contribution in [1.29, 1.82) is 0 Å². The fourth-order valence-electron chi connectivity index (χ4n) is 10.8. The summed E-state index contributed by atoms with van der Waals surface area (Å²) in [5.41, 5.74) is 0. The van der Waals surface area contributed by atoms with Crippen molar-refractivity contribution in [2.24, 2.45) is 0 Å². The maximum atomic E-state index is 12.9. The van der Waals surface area contributed by atoms with Gasteiger partial charge < -0.3 is 14.2 Å². The number of hydrogen-bond acceptors (Lipinski definition) is 6. The van der Waals surface area contributed by atoms with Crippen LogP contribution in [0.5, 0.6) is 0 Å². The zero-order chi connectivity index (χ0) is 57.1. The summed E-state index contributed by atoms with van der Waals surface area (Å²) in [6.45, 7) is 6.69. The first-order valence-corrected chi connectivity index (χ1v) is 35.5. The highest BCUT2D eigenvalue weighted by molar-refractivity contribution is 5.71. The first-order valence-electron chi connectivity index (χ1n) is 35.5. The van der Waals surface area contributed by atoms with E-state index in [9.17, 15) is 14.4 Å². The normalized spacial score (nSPS) is 12.2. The molecule has 0 aliphatic rings. The van der Waals surface area contributed by atoms with Crippen molar-refractivity contribution < 1.29 is 28.6 Å². The molecule has 0 aliphatic heterocycles. The molecule has 0 fully saturated rings. The van der Waals surface area contributed by atoms with Gasteiger partial charge in [-0.2, -0.15) is 0 Å². The van der Waals surface area contributed by atoms with Crippen LogP contribution in [0.1, 0.15) is 393 Å². The van der Waals surface area contributed by atoms with Crippen molar-refractivity contribution in [2.45, 2.75) is 399 Å². The first-order chi connectivity index (χ1) is 39.0. The molecule has 6 heteroatoms. The van der Waals surface area contributed by atoms with E-state index in [1.165, 1.54) is 283 Å². The Labute approximate surface area is 493 Å². The fraction of sp³-hybridized carbons (Fsp3) is 0.877. The van der Waals surface area contributed by atoms with Crippen LogP contribution in [0.25, 0.3) is 0 Å². The molecule has 0 spiro atoms. The van der Waals surface area contributed by atoms with Gasteiger partial charge in [0.25, 0.3) is 0 Å². The lowest BCUT2D eigenvalue weighted by Crippen LogP contribution is -2.30. The quantitative estimate of drug-likeness (QED) is 0.0261. The standard InChI is InChI=1S/C73H136O6/c1-4-7-10-13-16-19-22-25-28-31-32-33-34-35-36-37-38-39-40-43-45-48-51-54-57-60-63-66-72(75)78-69-70(79-73(76)67-64-61-58-55-52-49-46-42-30-27-24-21-18-15-12-9-6-3)68-77-71(74)65-62-59-56-53-50-47-44-41-29-26-23-20-17-14-11-8-5-2/h18,21,27,30-32,70H,4-17,19-20,22-26,28-29,33-69H2,1-3H3/b21-18-,30-27-,32-31-. The predicted molar refractivity (Wildman–Crippen MR) is 344 cm³/mol. The van der Waals surface area contributed by atoms with Crippen LogP contribution in [-0.2, 0) is 28.6 Å². The van der Waals surface area contributed by atoms with E-state index in [0.717, 1.165) is 70.6 Å². The Balaban J connectivity index is 4.25. The van der Waals surface area contributed by atoms with Gasteiger partial charge in [-0.1, -0.05) is 333 Å². The van der Waals surface area contributed by atoms with E-state index >= 15 is 0 Å². The monoisotopic (exact) mass is 1110 g/mol. The minimum absolute atomic E-state index is 0.0700. The molecule has 0 amide bonds. The predicted octanol–water partition coefficient (Wildman–Crippen LogP) is 24.3. The van der Waals surface area contributed by atoms with Crippen LogP contribution in [0.15, 0.2) is 36.5 Å². The summed E-state index contributed by atoms with van der Waals surface area (Å²) in [6.07, 6.45) is 84.6. The van der Waals surface area contributed by atoms with Crippen molar-refractivity contribution in [2.75, 3.05) is 13.2 Å². The zero-order valence-corrected chi connectivity index (χ0v) is 53.4. The summed E-state index contributed by atoms with van der Waals surface area (Å²) in [4.78, 5) is 38.4. The van der Waals surface area contributed by atoms with E-state index in [-0.39, 0.29) is 31.1 Å². The van der Waals surface area contributed by atoms with Crippen molar-refractivity contribution in [1.82, 2.24) is 0 Å². The lowest BCUT2D eigenvalue weighted by atomic mass is 10.0. The summed E-state index contributed by atoms with van der Waals surface area (Å²) in [5, 5.41) is 0.